The van der Waals surface area contributed by atoms with E-state index in [9.17, 15) is 18.6 Å². The average Bonchev–Trinajstić information content (AvgIpc) is 3.50. The largest absolute Gasteiger partial charge is 0.454 e. The molecule has 1 aromatic heterocycles. The minimum atomic E-state index is -1.73. The van der Waals surface area contributed by atoms with Gasteiger partial charge in [-0.05, 0) is 36.4 Å². The highest BCUT2D eigenvalue weighted by Gasteiger charge is 2.23. The zero-order valence-corrected chi connectivity index (χ0v) is 21.0. The molecule has 1 aromatic carbocycles. The van der Waals surface area contributed by atoms with Gasteiger partial charge < -0.3 is 25.0 Å². The van der Waals surface area contributed by atoms with Crippen LogP contribution in [-0.2, 0) is 31.7 Å². The summed E-state index contributed by atoms with van der Waals surface area (Å²) in [6.45, 7) is 0.280. The minimum absolute atomic E-state index is 0.103. The third-order valence-corrected chi connectivity index (χ3v) is 7.83. The fourth-order valence-corrected chi connectivity index (χ4v) is 5.76. The monoisotopic (exact) mass is 519 g/mol. The van der Waals surface area contributed by atoms with Crippen LogP contribution in [0.15, 0.2) is 35.7 Å². The van der Waals surface area contributed by atoms with Crippen LogP contribution >= 0.6 is 11.3 Å². The summed E-state index contributed by atoms with van der Waals surface area (Å²) in [7, 11) is -1.73. The number of hydrogen-bond donors (Lipinski definition) is 2. The molecule has 1 fully saturated rings. The van der Waals surface area contributed by atoms with Crippen molar-refractivity contribution in [2.75, 3.05) is 30.2 Å². The van der Waals surface area contributed by atoms with Crippen LogP contribution in [0.4, 0.5) is 5.69 Å². The Morgan fingerprint density at radius 3 is 2.60 bits per heavy atom. The maximum atomic E-state index is 13.0. The van der Waals surface area contributed by atoms with Gasteiger partial charge in [-0.15, -0.1) is 11.3 Å². The Morgan fingerprint density at radius 1 is 1.03 bits per heavy atom. The number of benzene rings is 1. The quantitative estimate of drug-likeness (QED) is 0.499. The zero-order valence-electron chi connectivity index (χ0n) is 19.3. The molecule has 1 saturated carbocycles. The van der Waals surface area contributed by atoms with E-state index in [2.05, 4.69) is 10.6 Å². The summed E-state index contributed by atoms with van der Waals surface area (Å²) >= 11 is 1.49. The van der Waals surface area contributed by atoms with Gasteiger partial charge in [0.25, 0.3) is 0 Å². The Bertz CT molecular complexity index is 1070. The summed E-state index contributed by atoms with van der Waals surface area (Å²) in [5, 5.41) is 7.59. The van der Waals surface area contributed by atoms with Crippen molar-refractivity contribution in [3.8, 4) is 11.5 Å². The second-order valence-corrected chi connectivity index (χ2v) is 11.1. The van der Waals surface area contributed by atoms with Gasteiger partial charge in [0.2, 0.25) is 24.5 Å². The molecule has 1 unspecified atom stereocenters. The van der Waals surface area contributed by atoms with E-state index in [1.54, 1.807) is 18.2 Å². The number of hydrogen-bond acceptors (Lipinski definition) is 7. The maximum Gasteiger partial charge on any atom is 0.239 e. The highest BCUT2D eigenvalue weighted by molar-refractivity contribution is 7.86. The molecule has 2 heterocycles. The molecule has 1 atom stereocenters. The lowest BCUT2D eigenvalue weighted by atomic mass is 9.95. The first-order valence-electron chi connectivity index (χ1n) is 11.6. The van der Waals surface area contributed by atoms with Gasteiger partial charge in [-0.3, -0.25) is 18.6 Å². The minimum Gasteiger partial charge on any atom is -0.454 e. The van der Waals surface area contributed by atoms with Crippen molar-refractivity contribution in [2.24, 2.45) is 0 Å². The van der Waals surface area contributed by atoms with E-state index in [1.165, 1.54) is 22.7 Å². The van der Waals surface area contributed by atoms with Gasteiger partial charge in [-0.25, -0.2) is 0 Å². The smallest absolute Gasteiger partial charge is 0.239 e. The molecule has 0 bridgehead atoms. The molecule has 3 amide bonds. The van der Waals surface area contributed by atoms with Gasteiger partial charge in [-0.2, -0.15) is 0 Å². The molecule has 1 aliphatic heterocycles. The first-order valence-corrected chi connectivity index (χ1v) is 14.0. The SMILES string of the molecule is O=C(CS(=O)CC(=O)N(CC(=O)NC1CCCCC1)Cc1cccs1)Nc1ccc2c(c1)OCO2. The number of thiophene rings is 1. The standard InChI is InChI=1S/C24H29N3O6S2/c28-22(25-17-5-2-1-3-6-17)13-27(12-19-7-4-10-34-19)24(30)15-35(31)14-23(29)26-18-8-9-20-21(11-18)33-16-32-20/h4,7-11,17H,1-3,5-6,12-16H2,(H,25,28)(H,26,29). The topological polar surface area (TPSA) is 114 Å². The summed E-state index contributed by atoms with van der Waals surface area (Å²) in [4.78, 5) is 40.3. The molecule has 2 aromatic rings. The van der Waals surface area contributed by atoms with Crippen LogP contribution in [0.5, 0.6) is 11.5 Å². The van der Waals surface area contributed by atoms with Crippen LogP contribution in [-0.4, -0.2) is 57.7 Å². The molecule has 188 valence electrons. The van der Waals surface area contributed by atoms with Crippen LogP contribution in [0.25, 0.3) is 0 Å². The lowest BCUT2D eigenvalue weighted by Crippen LogP contribution is -2.45. The van der Waals surface area contributed by atoms with E-state index in [1.807, 2.05) is 17.5 Å². The molecule has 4 rings (SSSR count). The molecule has 0 spiro atoms. The summed E-state index contributed by atoms with van der Waals surface area (Å²) in [6, 6.07) is 8.88. The van der Waals surface area contributed by atoms with Crippen LogP contribution in [0.1, 0.15) is 37.0 Å². The van der Waals surface area contributed by atoms with Gasteiger partial charge in [0.15, 0.2) is 11.5 Å². The van der Waals surface area contributed by atoms with Gasteiger partial charge in [0, 0.05) is 33.5 Å². The molecule has 2 aliphatic rings. The number of nitrogens with zero attached hydrogens (tertiary/aromatic N) is 1. The van der Waals surface area contributed by atoms with Gasteiger partial charge in [-0.1, -0.05) is 25.3 Å². The Hall–Kier alpha value is -2.92. The lowest BCUT2D eigenvalue weighted by molar-refractivity contribution is -0.134. The number of ether oxygens (including phenoxy) is 2. The highest BCUT2D eigenvalue weighted by Crippen LogP contribution is 2.34. The molecule has 11 heteroatoms. The maximum absolute atomic E-state index is 13.0. The first kappa shape index (κ1) is 25.2. The Kier molecular flexibility index (Phi) is 8.75. The predicted octanol–water partition coefficient (Wildman–Crippen LogP) is 2.64. The van der Waals surface area contributed by atoms with E-state index in [4.69, 9.17) is 9.47 Å². The summed E-state index contributed by atoms with van der Waals surface area (Å²) < 4.78 is 23.1. The van der Waals surface area contributed by atoms with Crippen LogP contribution in [0.3, 0.4) is 0 Å². The lowest BCUT2D eigenvalue weighted by Gasteiger charge is -2.26. The van der Waals surface area contributed by atoms with Gasteiger partial charge in [0.1, 0.15) is 11.5 Å². The third kappa shape index (κ3) is 7.53. The van der Waals surface area contributed by atoms with Crippen molar-refractivity contribution in [1.82, 2.24) is 10.2 Å². The van der Waals surface area contributed by atoms with E-state index in [0.29, 0.717) is 17.2 Å². The van der Waals surface area contributed by atoms with Crippen molar-refractivity contribution >= 4 is 45.5 Å². The fourth-order valence-electron chi connectivity index (χ4n) is 4.11. The summed E-state index contributed by atoms with van der Waals surface area (Å²) in [5.74, 6) is -0.669. The molecule has 35 heavy (non-hydrogen) atoms. The molecule has 2 N–H and O–H groups in total. The van der Waals surface area contributed by atoms with Crippen molar-refractivity contribution in [1.29, 1.82) is 0 Å². The molecule has 0 radical (unpaired) electrons. The Morgan fingerprint density at radius 2 is 1.83 bits per heavy atom. The number of anilines is 1. The molecule has 0 saturated heterocycles. The number of rotatable bonds is 10. The number of nitrogens with one attached hydrogen (secondary N) is 2. The summed E-state index contributed by atoms with van der Waals surface area (Å²) in [6.07, 6.45) is 5.27. The number of amides is 3. The number of carbonyl (C=O) groups is 3. The first-order chi connectivity index (χ1) is 17.0. The van der Waals surface area contributed by atoms with Crippen LogP contribution in [0.2, 0.25) is 0 Å². The van der Waals surface area contributed by atoms with E-state index in [-0.39, 0.29) is 43.3 Å². The van der Waals surface area contributed by atoms with Crippen LogP contribution in [0, 0.1) is 0 Å². The second kappa shape index (κ2) is 12.2. The molecular weight excluding hydrogens is 490 g/mol. The normalized spacial score (nSPS) is 15.9. The van der Waals surface area contributed by atoms with Crippen molar-refractivity contribution in [2.45, 2.75) is 44.7 Å². The molecular formula is C24H29N3O6S2. The third-order valence-electron chi connectivity index (χ3n) is 5.82. The molecule has 9 nitrogen and oxygen atoms in total. The van der Waals surface area contributed by atoms with Gasteiger partial charge in [0.05, 0.1) is 13.1 Å². The second-order valence-electron chi connectivity index (χ2n) is 8.58. The van der Waals surface area contributed by atoms with Crippen molar-refractivity contribution in [3.63, 3.8) is 0 Å². The average molecular weight is 520 g/mol. The highest BCUT2D eigenvalue weighted by atomic mass is 32.2. The van der Waals surface area contributed by atoms with E-state index < -0.39 is 22.6 Å². The molecule has 1 aliphatic carbocycles. The Labute approximate surface area is 210 Å². The van der Waals surface area contributed by atoms with Crippen molar-refractivity contribution in [3.05, 3.63) is 40.6 Å². The van der Waals surface area contributed by atoms with Crippen molar-refractivity contribution < 1.29 is 28.1 Å². The van der Waals surface area contributed by atoms with E-state index in [0.717, 1.165) is 30.6 Å². The number of carbonyl (C=O) groups excluding carboxylic acids is 3. The Balaban J connectivity index is 1.30. The number of fused-ring (bicyclic) bond motifs is 1. The van der Waals surface area contributed by atoms with Gasteiger partial charge >= 0.3 is 0 Å². The van der Waals surface area contributed by atoms with Crippen LogP contribution < -0.4 is 20.1 Å². The van der Waals surface area contributed by atoms with E-state index >= 15 is 0 Å². The predicted molar refractivity (Wildman–Crippen MR) is 134 cm³/mol. The summed E-state index contributed by atoms with van der Waals surface area (Å²) in [5.41, 5.74) is 0.487. The zero-order chi connectivity index (χ0) is 24.6. The fraction of sp³-hybridized carbons (Fsp3) is 0.458.